The molecule has 1 aromatic rings. The Balaban J connectivity index is 2.21. The van der Waals surface area contributed by atoms with Crippen LogP contribution < -0.4 is 5.73 Å². The van der Waals surface area contributed by atoms with Crippen molar-refractivity contribution >= 4 is 5.97 Å². The van der Waals surface area contributed by atoms with Crippen LogP contribution in [0.5, 0.6) is 0 Å². The van der Waals surface area contributed by atoms with Gasteiger partial charge in [-0.15, -0.1) is 0 Å². The molecule has 1 atom stereocenters. The molecule has 0 fully saturated rings. The van der Waals surface area contributed by atoms with Gasteiger partial charge in [-0.2, -0.15) is 0 Å². The highest BCUT2D eigenvalue weighted by Crippen LogP contribution is 2.24. The van der Waals surface area contributed by atoms with Crippen LogP contribution in [0.2, 0.25) is 0 Å². The topological polar surface area (TPSA) is 61.5 Å². The Hall–Kier alpha value is -1.39. The summed E-state index contributed by atoms with van der Waals surface area (Å²) in [6, 6.07) is 5.79. The molecule has 1 heterocycles. The van der Waals surface area contributed by atoms with Crippen LogP contribution >= 0.6 is 0 Å². The first-order chi connectivity index (χ1) is 7.70. The molecule has 2 rings (SSSR count). The van der Waals surface area contributed by atoms with E-state index in [2.05, 4.69) is 4.74 Å². The van der Waals surface area contributed by atoms with E-state index in [1.165, 1.54) is 7.11 Å². The van der Waals surface area contributed by atoms with Gasteiger partial charge in [-0.3, -0.25) is 4.79 Å². The molecule has 0 radical (unpaired) electrons. The molecule has 0 unspecified atom stereocenters. The van der Waals surface area contributed by atoms with Crippen molar-refractivity contribution in [3.05, 3.63) is 34.9 Å². The van der Waals surface area contributed by atoms with Gasteiger partial charge in [0.15, 0.2) is 0 Å². The van der Waals surface area contributed by atoms with Gasteiger partial charge in [0.1, 0.15) is 0 Å². The van der Waals surface area contributed by atoms with Gasteiger partial charge in [-0.25, -0.2) is 0 Å². The van der Waals surface area contributed by atoms with E-state index in [4.69, 9.17) is 10.5 Å². The van der Waals surface area contributed by atoms with Gasteiger partial charge < -0.3 is 15.2 Å². The molecule has 0 amide bonds. The number of ether oxygens (including phenoxy) is 2. The van der Waals surface area contributed by atoms with E-state index in [1.54, 1.807) is 0 Å². The van der Waals surface area contributed by atoms with E-state index in [0.29, 0.717) is 19.6 Å². The van der Waals surface area contributed by atoms with Crippen LogP contribution in [0.25, 0.3) is 0 Å². The van der Waals surface area contributed by atoms with E-state index < -0.39 is 0 Å². The molecule has 86 valence electrons. The molecule has 1 aliphatic rings. The molecule has 0 aliphatic carbocycles. The SMILES string of the molecule is COC(=O)Cc1ccc2c(c1)COC[C@@H]2N. The second-order valence-electron chi connectivity index (χ2n) is 3.91. The lowest BCUT2D eigenvalue weighted by Gasteiger charge is -2.23. The Morgan fingerprint density at radius 2 is 2.44 bits per heavy atom. The van der Waals surface area contributed by atoms with Crippen molar-refractivity contribution < 1.29 is 14.3 Å². The van der Waals surface area contributed by atoms with Gasteiger partial charge >= 0.3 is 5.97 Å². The summed E-state index contributed by atoms with van der Waals surface area (Å²) >= 11 is 0. The Kier molecular flexibility index (Phi) is 3.22. The number of nitrogens with two attached hydrogens (primary N) is 1. The van der Waals surface area contributed by atoms with Gasteiger partial charge in [0, 0.05) is 0 Å². The molecule has 1 aromatic carbocycles. The highest BCUT2D eigenvalue weighted by molar-refractivity contribution is 5.72. The van der Waals surface area contributed by atoms with Crippen LogP contribution in [-0.4, -0.2) is 19.7 Å². The molecule has 4 nitrogen and oxygen atoms in total. The third-order valence-corrected chi connectivity index (χ3v) is 2.74. The van der Waals surface area contributed by atoms with Crippen molar-refractivity contribution in [3.63, 3.8) is 0 Å². The van der Waals surface area contributed by atoms with Crippen molar-refractivity contribution in [1.82, 2.24) is 0 Å². The highest BCUT2D eigenvalue weighted by atomic mass is 16.5. The van der Waals surface area contributed by atoms with Gasteiger partial charge in [0.2, 0.25) is 0 Å². The number of carbonyl (C=O) groups excluding carboxylic acids is 1. The molecule has 1 aliphatic heterocycles. The van der Waals surface area contributed by atoms with Crippen molar-refractivity contribution in [2.75, 3.05) is 13.7 Å². The first-order valence-electron chi connectivity index (χ1n) is 5.22. The number of esters is 1. The van der Waals surface area contributed by atoms with Crippen molar-refractivity contribution in [2.45, 2.75) is 19.1 Å². The summed E-state index contributed by atoms with van der Waals surface area (Å²) in [5.74, 6) is -0.235. The van der Waals surface area contributed by atoms with Crippen LogP contribution in [0.15, 0.2) is 18.2 Å². The number of hydrogen-bond acceptors (Lipinski definition) is 4. The fourth-order valence-corrected chi connectivity index (χ4v) is 1.88. The summed E-state index contributed by atoms with van der Waals surface area (Å²) in [6.07, 6.45) is 0.291. The number of fused-ring (bicyclic) bond motifs is 1. The Labute approximate surface area is 94.3 Å². The molecular weight excluding hydrogens is 206 g/mol. The lowest BCUT2D eigenvalue weighted by atomic mass is 9.96. The summed E-state index contributed by atoms with van der Waals surface area (Å²) < 4.78 is 9.98. The van der Waals surface area contributed by atoms with Crippen molar-refractivity contribution in [3.8, 4) is 0 Å². The molecule has 16 heavy (non-hydrogen) atoms. The zero-order valence-corrected chi connectivity index (χ0v) is 9.23. The summed E-state index contributed by atoms with van der Waals surface area (Å²) in [6.45, 7) is 1.13. The lowest BCUT2D eigenvalue weighted by molar-refractivity contribution is -0.139. The monoisotopic (exact) mass is 221 g/mol. The zero-order chi connectivity index (χ0) is 11.5. The highest BCUT2D eigenvalue weighted by Gasteiger charge is 2.17. The summed E-state index contributed by atoms with van der Waals surface area (Å²) in [5.41, 5.74) is 9.02. The van der Waals surface area contributed by atoms with E-state index in [9.17, 15) is 4.79 Å². The van der Waals surface area contributed by atoms with Gasteiger partial charge in [0.25, 0.3) is 0 Å². The van der Waals surface area contributed by atoms with Crippen LogP contribution in [0.1, 0.15) is 22.7 Å². The van der Waals surface area contributed by atoms with Gasteiger partial charge in [-0.05, 0) is 16.7 Å². The molecular formula is C12H15NO3. The smallest absolute Gasteiger partial charge is 0.309 e. The van der Waals surface area contributed by atoms with E-state index in [1.807, 2.05) is 18.2 Å². The zero-order valence-electron chi connectivity index (χ0n) is 9.23. The third-order valence-electron chi connectivity index (χ3n) is 2.74. The largest absolute Gasteiger partial charge is 0.469 e. The summed E-state index contributed by atoms with van der Waals surface area (Å²) in [4.78, 5) is 11.1. The van der Waals surface area contributed by atoms with Crippen molar-refractivity contribution in [2.24, 2.45) is 5.73 Å². The van der Waals surface area contributed by atoms with Gasteiger partial charge in [-0.1, -0.05) is 18.2 Å². The normalized spacial score (nSPS) is 19.0. The van der Waals surface area contributed by atoms with E-state index >= 15 is 0 Å². The molecule has 0 spiro atoms. The third kappa shape index (κ3) is 2.23. The minimum absolute atomic E-state index is 0.0593. The molecule has 0 saturated heterocycles. The number of rotatable bonds is 2. The second-order valence-corrected chi connectivity index (χ2v) is 3.91. The Bertz CT molecular complexity index is 403. The first-order valence-corrected chi connectivity index (χ1v) is 5.22. The van der Waals surface area contributed by atoms with Crippen LogP contribution in [0.4, 0.5) is 0 Å². The minimum atomic E-state index is -0.235. The average Bonchev–Trinajstić information content (AvgIpc) is 2.29. The Morgan fingerprint density at radius 3 is 3.19 bits per heavy atom. The fraction of sp³-hybridized carbons (Fsp3) is 0.417. The predicted molar refractivity (Wildman–Crippen MR) is 58.7 cm³/mol. The standard InChI is InChI=1S/C12H15NO3/c1-15-12(14)5-8-2-3-10-9(4-8)6-16-7-11(10)13/h2-4,11H,5-7,13H2,1H3/t11-/m0/s1. The second kappa shape index (κ2) is 4.63. The Morgan fingerprint density at radius 1 is 1.62 bits per heavy atom. The number of carbonyl (C=O) groups is 1. The van der Waals surface area contributed by atoms with E-state index in [0.717, 1.165) is 16.7 Å². The van der Waals surface area contributed by atoms with E-state index in [-0.39, 0.29) is 12.0 Å². The maximum atomic E-state index is 11.1. The average molecular weight is 221 g/mol. The number of benzene rings is 1. The lowest BCUT2D eigenvalue weighted by Crippen LogP contribution is -2.23. The van der Waals surface area contributed by atoms with Crippen LogP contribution in [-0.2, 0) is 27.3 Å². The van der Waals surface area contributed by atoms with Crippen LogP contribution in [0.3, 0.4) is 0 Å². The van der Waals surface area contributed by atoms with Gasteiger partial charge in [0.05, 0.1) is 32.8 Å². The quantitative estimate of drug-likeness (QED) is 0.755. The first kappa shape index (κ1) is 11.1. The summed E-state index contributed by atoms with van der Waals surface area (Å²) in [7, 11) is 1.39. The molecule has 0 bridgehead atoms. The number of hydrogen-bond donors (Lipinski definition) is 1. The maximum Gasteiger partial charge on any atom is 0.309 e. The minimum Gasteiger partial charge on any atom is -0.469 e. The summed E-state index contributed by atoms with van der Waals surface area (Å²) in [5, 5.41) is 0. The number of methoxy groups -OCH3 is 1. The van der Waals surface area contributed by atoms with Crippen LogP contribution in [0, 0.1) is 0 Å². The molecule has 4 heteroatoms. The molecule has 2 N–H and O–H groups in total. The van der Waals surface area contributed by atoms with Crippen molar-refractivity contribution in [1.29, 1.82) is 0 Å². The molecule has 0 saturated carbocycles. The fourth-order valence-electron chi connectivity index (χ4n) is 1.88. The predicted octanol–water partition coefficient (Wildman–Crippen LogP) is 0.932. The molecule has 0 aromatic heterocycles. The maximum absolute atomic E-state index is 11.1.